The largest absolute Gasteiger partial charge is 0.350 e. The van der Waals surface area contributed by atoms with Crippen molar-refractivity contribution in [3.8, 4) is 0 Å². The third-order valence-corrected chi connectivity index (χ3v) is 4.98. The molecule has 110 valence electrons. The maximum Gasteiger partial charge on any atom is 0.251 e. The van der Waals surface area contributed by atoms with Crippen LogP contribution in [-0.2, 0) is 0 Å². The predicted octanol–water partition coefficient (Wildman–Crippen LogP) is 3.60. The Morgan fingerprint density at radius 3 is 2.45 bits per heavy atom. The number of benzene rings is 1. The summed E-state index contributed by atoms with van der Waals surface area (Å²) in [7, 11) is 4.16. The van der Waals surface area contributed by atoms with Crippen LogP contribution in [0.3, 0.4) is 0 Å². The molecule has 1 saturated carbocycles. The Kier molecular flexibility index (Phi) is 4.95. The van der Waals surface area contributed by atoms with E-state index in [1.807, 2.05) is 0 Å². The summed E-state index contributed by atoms with van der Waals surface area (Å²) in [5.41, 5.74) is 0.637. The van der Waals surface area contributed by atoms with E-state index >= 15 is 0 Å². The van der Waals surface area contributed by atoms with E-state index in [0.29, 0.717) is 22.2 Å². The van der Waals surface area contributed by atoms with Gasteiger partial charge in [-0.1, -0.05) is 36.0 Å². The molecule has 1 aliphatic carbocycles. The van der Waals surface area contributed by atoms with Gasteiger partial charge in [0.1, 0.15) is 0 Å². The topological polar surface area (TPSA) is 32.3 Å². The average Bonchev–Trinajstić information content (AvgIpc) is 2.89. The van der Waals surface area contributed by atoms with E-state index in [1.54, 1.807) is 18.2 Å². The molecule has 0 aromatic heterocycles. The molecule has 3 nitrogen and oxygen atoms in total. The number of halogens is 2. The lowest BCUT2D eigenvalue weighted by Gasteiger charge is -2.36. The molecule has 0 heterocycles. The first-order chi connectivity index (χ1) is 9.44. The summed E-state index contributed by atoms with van der Waals surface area (Å²) in [6.45, 7) is 0.666. The van der Waals surface area contributed by atoms with Gasteiger partial charge in [0.2, 0.25) is 0 Å². The molecule has 0 spiro atoms. The molecule has 1 amide bonds. The zero-order valence-corrected chi connectivity index (χ0v) is 13.4. The Balaban J connectivity index is 2.02. The molecule has 20 heavy (non-hydrogen) atoms. The Hall–Kier alpha value is -0.770. The van der Waals surface area contributed by atoms with Crippen LogP contribution in [0, 0.1) is 0 Å². The second kappa shape index (κ2) is 6.33. The van der Waals surface area contributed by atoms with Gasteiger partial charge in [-0.05, 0) is 45.1 Å². The number of nitrogens with zero attached hydrogens (tertiary/aromatic N) is 1. The molecule has 0 aliphatic heterocycles. The molecule has 1 aromatic carbocycles. The van der Waals surface area contributed by atoms with Crippen LogP contribution in [0.1, 0.15) is 36.0 Å². The summed E-state index contributed by atoms with van der Waals surface area (Å²) in [4.78, 5) is 14.4. The second-order valence-corrected chi connectivity index (χ2v) is 6.45. The minimum atomic E-state index is -0.100. The van der Waals surface area contributed by atoms with Gasteiger partial charge in [-0.2, -0.15) is 0 Å². The van der Waals surface area contributed by atoms with Crippen molar-refractivity contribution in [2.24, 2.45) is 0 Å². The van der Waals surface area contributed by atoms with Crippen molar-refractivity contribution in [3.05, 3.63) is 33.8 Å². The lowest BCUT2D eigenvalue weighted by atomic mass is 9.96. The van der Waals surface area contributed by atoms with Crippen molar-refractivity contribution < 1.29 is 4.79 Å². The van der Waals surface area contributed by atoms with E-state index < -0.39 is 0 Å². The predicted molar refractivity (Wildman–Crippen MR) is 83.7 cm³/mol. The van der Waals surface area contributed by atoms with Gasteiger partial charge in [-0.25, -0.2) is 0 Å². The van der Waals surface area contributed by atoms with Crippen LogP contribution in [0.4, 0.5) is 0 Å². The third-order valence-electron chi connectivity index (χ3n) is 4.24. The first-order valence-corrected chi connectivity index (χ1v) is 7.61. The molecule has 1 aromatic rings. The fourth-order valence-electron chi connectivity index (χ4n) is 2.80. The van der Waals surface area contributed by atoms with E-state index in [2.05, 4.69) is 24.3 Å². The number of likely N-dealkylation sites (N-methyl/N-ethyl adjacent to an activating group) is 1. The normalized spacial score (nSPS) is 17.4. The first-order valence-electron chi connectivity index (χ1n) is 6.85. The molecule has 1 fully saturated rings. The molecule has 0 radical (unpaired) electrons. The molecular weight excluding hydrogens is 295 g/mol. The van der Waals surface area contributed by atoms with E-state index in [4.69, 9.17) is 23.2 Å². The van der Waals surface area contributed by atoms with Crippen LogP contribution in [-0.4, -0.2) is 37.0 Å². The number of amides is 1. The molecule has 1 N–H and O–H groups in total. The summed E-state index contributed by atoms with van der Waals surface area (Å²) >= 11 is 11.8. The second-order valence-electron chi connectivity index (χ2n) is 5.64. The van der Waals surface area contributed by atoms with Gasteiger partial charge in [0.25, 0.3) is 5.91 Å². The SMILES string of the molecule is CN(C)C1(CNC(=O)c2ccc(Cl)c(Cl)c2)CCCC1. The van der Waals surface area contributed by atoms with Crippen LogP contribution in [0.25, 0.3) is 0 Å². The van der Waals surface area contributed by atoms with Crippen LogP contribution in [0.5, 0.6) is 0 Å². The first kappa shape index (κ1) is 15.6. The number of hydrogen-bond acceptors (Lipinski definition) is 2. The Bertz CT molecular complexity index is 497. The smallest absolute Gasteiger partial charge is 0.251 e. The van der Waals surface area contributed by atoms with Gasteiger partial charge in [-0.15, -0.1) is 0 Å². The van der Waals surface area contributed by atoms with Gasteiger partial charge in [-0.3, -0.25) is 4.79 Å². The molecule has 0 atom stereocenters. The van der Waals surface area contributed by atoms with Gasteiger partial charge in [0.15, 0.2) is 0 Å². The van der Waals surface area contributed by atoms with E-state index in [-0.39, 0.29) is 11.4 Å². The number of rotatable bonds is 4. The number of nitrogens with one attached hydrogen (secondary N) is 1. The minimum Gasteiger partial charge on any atom is -0.350 e. The van der Waals surface area contributed by atoms with Crippen LogP contribution < -0.4 is 5.32 Å². The Morgan fingerprint density at radius 2 is 1.90 bits per heavy atom. The monoisotopic (exact) mass is 314 g/mol. The van der Waals surface area contributed by atoms with Crippen molar-refractivity contribution in [3.63, 3.8) is 0 Å². The summed E-state index contributed by atoms with van der Waals surface area (Å²) in [5, 5.41) is 3.89. The zero-order chi connectivity index (χ0) is 14.8. The quantitative estimate of drug-likeness (QED) is 0.921. The highest BCUT2D eigenvalue weighted by atomic mass is 35.5. The van der Waals surface area contributed by atoms with Crippen LogP contribution >= 0.6 is 23.2 Å². The maximum atomic E-state index is 12.2. The van der Waals surface area contributed by atoms with Crippen LogP contribution in [0.15, 0.2) is 18.2 Å². The van der Waals surface area contributed by atoms with Crippen molar-refractivity contribution in [2.45, 2.75) is 31.2 Å². The number of carbonyl (C=O) groups excluding carboxylic acids is 1. The lowest BCUT2D eigenvalue weighted by molar-refractivity contribution is 0.0900. The highest BCUT2D eigenvalue weighted by molar-refractivity contribution is 6.42. The number of hydrogen-bond donors (Lipinski definition) is 1. The van der Waals surface area contributed by atoms with E-state index in [1.165, 1.54) is 12.8 Å². The van der Waals surface area contributed by atoms with Crippen molar-refractivity contribution in [1.29, 1.82) is 0 Å². The lowest BCUT2D eigenvalue weighted by Crippen LogP contribution is -2.50. The highest BCUT2D eigenvalue weighted by Crippen LogP contribution is 2.33. The van der Waals surface area contributed by atoms with Crippen molar-refractivity contribution in [1.82, 2.24) is 10.2 Å². The summed E-state index contributed by atoms with van der Waals surface area (Å²) < 4.78 is 0. The molecule has 5 heteroatoms. The third kappa shape index (κ3) is 3.27. The van der Waals surface area contributed by atoms with Crippen molar-refractivity contribution >= 4 is 29.1 Å². The van der Waals surface area contributed by atoms with Gasteiger partial charge in [0, 0.05) is 17.6 Å². The van der Waals surface area contributed by atoms with Crippen molar-refractivity contribution in [2.75, 3.05) is 20.6 Å². The highest BCUT2D eigenvalue weighted by Gasteiger charge is 2.36. The summed E-state index contributed by atoms with van der Waals surface area (Å²) in [6.07, 6.45) is 4.70. The van der Waals surface area contributed by atoms with Gasteiger partial charge >= 0.3 is 0 Å². The number of carbonyl (C=O) groups is 1. The average molecular weight is 315 g/mol. The standard InChI is InChI=1S/C15H20Cl2N2O/c1-19(2)15(7-3-4-8-15)10-18-14(20)11-5-6-12(16)13(17)9-11/h5-6,9H,3-4,7-8,10H2,1-2H3,(H,18,20). The zero-order valence-electron chi connectivity index (χ0n) is 11.9. The summed E-state index contributed by atoms with van der Waals surface area (Å²) in [6, 6.07) is 4.95. The Morgan fingerprint density at radius 1 is 1.25 bits per heavy atom. The van der Waals surface area contributed by atoms with Crippen LogP contribution in [0.2, 0.25) is 10.0 Å². The van der Waals surface area contributed by atoms with Gasteiger partial charge in [0.05, 0.1) is 10.0 Å². The fraction of sp³-hybridized carbons (Fsp3) is 0.533. The van der Waals surface area contributed by atoms with E-state index in [0.717, 1.165) is 12.8 Å². The fourth-order valence-corrected chi connectivity index (χ4v) is 3.10. The maximum absolute atomic E-state index is 12.2. The molecule has 0 bridgehead atoms. The minimum absolute atomic E-state index is 0.0892. The Labute approximate surface area is 130 Å². The molecule has 2 rings (SSSR count). The molecule has 1 aliphatic rings. The molecule has 0 unspecified atom stereocenters. The van der Waals surface area contributed by atoms with E-state index in [9.17, 15) is 4.79 Å². The summed E-state index contributed by atoms with van der Waals surface area (Å²) in [5.74, 6) is -0.100. The van der Waals surface area contributed by atoms with Gasteiger partial charge < -0.3 is 10.2 Å². The molecule has 0 saturated heterocycles. The molecular formula is C15H20Cl2N2O.